The van der Waals surface area contributed by atoms with Crippen molar-refractivity contribution >= 4 is 20.9 Å². The Morgan fingerprint density at radius 2 is 1.87 bits per heavy atom. The van der Waals surface area contributed by atoms with Crippen LogP contribution in [0.1, 0.15) is 5.56 Å². The maximum absolute atomic E-state index is 12.3. The Morgan fingerprint density at radius 1 is 1.13 bits per heavy atom. The van der Waals surface area contributed by atoms with E-state index in [0.29, 0.717) is 23.9 Å². The molecule has 23 heavy (non-hydrogen) atoms. The van der Waals surface area contributed by atoms with Gasteiger partial charge in [-0.3, -0.25) is 14.3 Å². The number of aromatic nitrogens is 3. The predicted octanol–water partition coefficient (Wildman–Crippen LogP) is 0.682. The largest absolute Gasteiger partial charge is 0.298 e. The van der Waals surface area contributed by atoms with Crippen molar-refractivity contribution in [1.29, 1.82) is 0 Å². The second kappa shape index (κ2) is 5.90. The second-order valence-electron chi connectivity index (χ2n) is 5.07. The number of hydrogen-bond acceptors (Lipinski definition) is 5. The van der Waals surface area contributed by atoms with E-state index in [1.165, 1.54) is 23.0 Å². The molecule has 3 aromatic rings. The molecule has 0 aliphatic rings. The van der Waals surface area contributed by atoms with Crippen LogP contribution in [-0.4, -0.2) is 23.0 Å². The van der Waals surface area contributed by atoms with Gasteiger partial charge in [0, 0.05) is 12.7 Å². The van der Waals surface area contributed by atoms with Crippen LogP contribution in [0.25, 0.3) is 10.9 Å². The van der Waals surface area contributed by atoms with Crippen molar-refractivity contribution in [2.75, 3.05) is 0 Å². The molecule has 2 heterocycles. The van der Waals surface area contributed by atoms with Crippen molar-refractivity contribution in [3.05, 3.63) is 65.0 Å². The van der Waals surface area contributed by atoms with Gasteiger partial charge in [0.05, 0.1) is 28.3 Å². The van der Waals surface area contributed by atoms with Gasteiger partial charge in [0.2, 0.25) is 10.0 Å². The number of benzene rings is 1. The molecule has 7 nitrogen and oxygen atoms in total. The summed E-state index contributed by atoms with van der Waals surface area (Å²) in [5.41, 5.74) is 1.34. The van der Waals surface area contributed by atoms with Gasteiger partial charge in [-0.1, -0.05) is 12.1 Å². The highest BCUT2D eigenvalue weighted by Gasteiger charge is 2.07. The van der Waals surface area contributed by atoms with Crippen LogP contribution in [0.2, 0.25) is 0 Å². The number of hydrogen-bond donors (Lipinski definition) is 1. The molecule has 0 saturated heterocycles. The van der Waals surface area contributed by atoms with Crippen molar-refractivity contribution in [3.63, 3.8) is 0 Å². The first-order valence-electron chi connectivity index (χ1n) is 6.86. The Bertz CT molecular complexity index is 1010. The van der Waals surface area contributed by atoms with E-state index in [9.17, 15) is 13.2 Å². The fraction of sp³-hybridized carbons (Fsp3) is 0.133. The number of fused-ring (bicyclic) bond motifs is 1. The van der Waals surface area contributed by atoms with E-state index in [1.54, 1.807) is 30.6 Å². The Balaban J connectivity index is 1.81. The minimum Gasteiger partial charge on any atom is -0.298 e. The fourth-order valence-corrected chi connectivity index (χ4v) is 2.78. The molecule has 0 aliphatic carbocycles. The molecule has 0 amide bonds. The second-order valence-corrected chi connectivity index (χ2v) is 6.64. The van der Waals surface area contributed by atoms with E-state index in [2.05, 4.69) is 9.97 Å². The standard InChI is InChI=1S/C15H14N4O3S/c16-23(21,22)12-3-1-11(2-4-12)6-8-19-10-18-14-9-17-7-5-13(14)15(19)20/h1-5,7,9-10H,6,8H2,(H2,16,21,22). The maximum Gasteiger partial charge on any atom is 0.261 e. The van der Waals surface area contributed by atoms with E-state index in [1.807, 2.05) is 0 Å². The predicted molar refractivity (Wildman–Crippen MR) is 85.3 cm³/mol. The Morgan fingerprint density at radius 3 is 2.57 bits per heavy atom. The smallest absolute Gasteiger partial charge is 0.261 e. The van der Waals surface area contributed by atoms with Crippen LogP contribution in [0, 0.1) is 0 Å². The van der Waals surface area contributed by atoms with Crippen LogP contribution in [0.3, 0.4) is 0 Å². The lowest BCUT2D eigenvalue weighted by molar-refractivity contribution is 0.597. The van der Waals surface area contributed by atoms with E-state index < -0.39 is 10.0 Å². The SMILES string of the molecule is NS(=O)(=O)c1ccc(CCn2cnc3cnccc3c2=O)cc1. The number of pyridine rings is 1. The fourth-order valence-electron chi connectivity index (χ4n) is 2.26. The van der Waals surface area contributed by atoms with Crippen LogP contribution < -0.4 is 10.7 Å². The topological polar surface area (TPSA) is 108 Å². The van der Waals surface area contributed by atoms with Gasteiger partial charge in [-0.15, -0.1) is 0 Å². The number of sulfonamides is 1. The summed E-state index contributed by atoms with van der Waals surface area (Å²) >= 11 is 0. The molecule has 0 fully saturated rings. The minimum atomic E-state index is -3.69. The number of primary sulfonamides is 1. The van der Waals surface area contributed by atoms with Crippen LogP contribution in [0.15, 0.2) is 58.7 Å². The quantitative estimate of drug-likeness (QED) is 0.757. The molecule has 0 atom stereocenters. The summed E-state index contributed by atoms with van der Waals surface area (Å²) in [7, 11) is -3.69. The van der Waals surface area contributed by atoms with Crippen LogP contribution in [0.4, 0.5) is 0 Å². The third kappa shape index (κ3) is 3.27. The highest BCUT2D eigenvalue weighted by molar-refractivity contribution is 7.89. The highest BCUT2D eigenvalue weighted by Crippen LogP contribution is 2.10. The molecule has 2 N–H and O–H groups in total. The number of rotatable bonds is 4. The Hall–Kier alpha value is -2.58. The average Bonchev–Trinajstić information content (AvgIpc) is 2.54. The van der Waals surface area contributed by atoms with Gasteiger partial charge in [0.1, 0.15) is 0 Å². The first-order chi connectivity index (χ1) is 10.9. The van der Waals surface area contributed by atoms with Gasteiger partial charge in [-0.05, 0) is 30.2 Å². The van der Waals surface area contributed by atoms with Crippen LogP contribution in [0.5, 0.6) is 0 Å². The summed E-state index contributed by atoms with van der Waals surface area (Å²) in [6.07, 6.45) is 5.17. The lowest BCUT2D eigenvalue weighted by Crippen LogP contribution is -2.21. The van der Waals surface area contributed by atoms with Gasteiger partial charge in [0.25, 0.3) is 5.56 Å². The van der Waals surface area contributed by atoms with Gasteiger partial charge >= 0.3 is 0 Å². The average molecular weight is 330 g/mol. The molecular formula is C15H14N4O3S. The molecule has 0 radical (unpaired) electrons. The molecular weight excluding hydrogens is 316 g/mol. The molecule has 2 aromatic heterocycles. The summed E-state index contributed by atoms with van der Waals surface area (Å²) in [5.74, 6) is 0. The van der Waals surface area contributed by atoms with E-state index in [0.717, 1.165) is 5.56 Å². The normalized spacial score (nSPS) is 11.7. The Labute approximate surface area is 132 Å². The van der Waals surface area contributed by atoms with E-state index >= 15 is 0 Å². The zero-order valence-corrected chi connectivity index (χ0v) is 12.9. The molecule has 0 bridgehead atoms. The highest BCUT2D eigenvalue weighted by atomic mass is 32.2. The lowest BCUT2D eigenvalue weighted by atomic mass is 10.1. The molecule has 118 valence electrons. The first kappa shape index (κ1) is 15.3. The number of aryl methyl sites for hydroxylation is 2. The number of nitrogens with two attached hydrogens (primary N) is 1. The van der Waals surface area contributed by atoms with Crippen LogP contribution in [-0.2, 0) is 23.0 Å². The summed E-state index contributed by atoms with van der Waals surface area (Å²) in [4.78, 5) is 20.5. The van der Waals surface area contributed by atoms with Gasteiger partial charge in [0.15, 0.2) is 0 Å². The van der Waals surface area contributed by atoms with Crippen molar-refractivity contribution in [2.45, 2.75) is 17.9 Å². The zero-order chi connectivity index (χ0) is 16.4. The molecule has 0 saturated carbocycles. The zero-order valence-electron chi connectivity index (χ0n) is 12.1. The maximum atomic E-state index is 12.3. The molecule has 3 rings (SSSR count). The summed E-state index contributed by atoms with van der Waals surface area (Å²) in [6.45, 7) is 0.443. The molecule has 0 spiro atoms. The van der Waals surface area contributed by atoms with E-state index in [-0.39, 0.29) is 10.5 Å². The molecule has 0 aliphatic heterocycles. The summed E-state index contributed by atoms with van der Waals surface area (Å²) in [6, 6.07) is 7.92. The monoisotopic (exact) mass is 330 g/mol. The third-order valence-electron chi connectivity index (χ3n) is 3.52. The first-order valence-corrected chi connectivity index (χ1v) is 8.41. The summed E-state index contributed by atoms with van der Waals surface area (Å²) < 4.78 is 23.9. The Kier molecular flexibility index (Phi) is 3.93. The molecule has 1 aromatic carbocycles. The van der Waals surface area contributed by atoms with Gasteiger partial charge < -0.3 is 0 Å². The minimum absolute atomic E-state index is 0.0679. The van der Waals surface area contributed by atoms with E-state index in [4.69, 9.17) is 5.14 Å². The molecule has 8 heteroatoms. The third-order valence-corrected chi connectivity index (χ3v) is 4.45. The van der Waals surface area contributed by atoms with Crippen molar-refractivity contribution in [3.8, 4) is 0 Å². The lowest BCUT2D eigenvalue weighted by Gasteiger charge is -2.07. The summed E-state index contributed by atoms with van der Waals surface area (Å²) in [5, 5.41) is 5.58. The van der Waals surface area contributed by atoms with Gasteiger partial charge in [-0.25, -0.2) is 18.5 Å². The van der Waals surface area contributed by atoms with Gasteiger partial charge in [-0.2, -0.15) is 0 Å². The molecule has 0 unspecified atom stereocenters. The van der Waals surface area contributed by atoms with Crippen molar-refractivity contribution < 1.29 is 8.42 Å². The van der Waals surface area contributed by atoms with Crippen LogP contribution >= 0.6 is 0 Å². The number of nitrogens with zero attached hydrogens (tertiary/aromatic N) is 3. The van der Waals surface area contributed by atoms with Crippen molar-refractivity contribution in [1.82, 2.24) is 14.5 Å². The van der Waals surface area contributed by atoms with Crippen molar-refractivity contribution in [2.24, 2.45) is 5.14 Å².